The summed E-state index contributed by atoms with van der Waals surface area (Å²) in [5.41, 5.74) is 2.41. The van der Waals surface area contributed by atoms with Gasteiger partial charge in [-0.3, -0.25) is 9.59 Å². The molecule has 0 saturated heterocycles. The van der Waals surface area contributed by atoms with Crippen molar-refractivity contribution < 1.29 is 14.7 Å². The van der Waals surface area contributed by atoms with Crippen LogP contribution in [0.4, 0.5) is 11.4 Å². The van der Waals surface area contributed by atoms with Gasteiger partial charge in [0.15, 0.2) is 0 Å². The van der Waals surface area contributed by atoms with Crippen LogP contribution < -0.4 is 10.6 Å². The fourth-order valence-corrected chi connectivity index (χ4v) is 1.71. The normalized spacial score (nSPS) is 15.8. The number of anilines is 2. The van der Waals surface area contributed by atoms with Crippen LogP contribution in [0, 0.1) is 0 Å². The van der Waals surface area contributed by atoms with Crippen molar-refractivity contribution in [2.45, 2.75) is 25.9 Å². The van der Waals surface area contributed by atoms with Gasteiger partial charge in [0.2, 0.25) is 5.91 Å². The Kier molecular flexibility index (Phi) is 3.10. The van der Waals surface area contributed by atoms with E-state index in [9.17, 15) is 9.59 Å². The minimum atomic E-state index is -1.04. The molecule has 1 aliphatic heterocycles. The Bertz CT molecular complexity index is 469. The number of aliphatic hydroxyl groups excluding tert-OH is 1. The Morgan fingerprint density at radius 1 is 1.47 bits per heavy atom. The molecule has 1 aromatic carbocycles. The van der Waals surface area contributed by atoms with E-state index in [1.165, 1.54) is 6.92 Å². The average Bonchev–Trinajstić information content (AvgIpc) is 2.29. The van der Waals surface area contributed by atoms with E-state index < -0.39 is 12.0 Å². The van der Waals surface area contributed by atoms with E-state index in [0.717, 1.165) is 11.3 Å². The third kappa shape index (κ3) is 2.62. The number of carbonyl (C=O) groups is 2. The Morgan fingerprint density at radius 3 is 2.94 bits per heavy atom. The molecular formula is C12H14N2O3. The Hall–Kier alpha value is -1.88. The molecule has 90 valence electrons. The van der Waals surface area contributed by atoms with Crippen molar-refractivity contribution >= 4 is 23.2 Å². The van der Waals surface area contributed by atoms with E-state index in [2.05, 4.69) is 10.6 Å². The molecular weight excluding hydrogens is 220 g/mol. The summed E-state index contributed by atoms with van der Waals surface area (Å²) < 4.78 is 0. The van der Waals surface area contributed by atoms with Crippen LogP contribution >= 0.6 is 0 Å². The zero-order valence-corrected chi connectivity index (χ0v) is 9.49. The maximum Gasteiger partial charge on any atom is 0.252 e. The highest BCUT2D eigenvalue weighted by molar-refractivity contribution is 5.96. The second kappa shape index (κ2) is 4.55. The monoisotopic (exact) mass is 234 g/mol. The number of amides is 2. The van der Waals surface area contributed by atoms with Gasteiger partial charge < -0.3 is 15.7 Å². The number of aryl methyl sites for hydroxylation is 1. The molecule has 17 heavy (non-hydrogen) atoms. The molecule has 1 heterocycles. The summed E-state index contributed by atoms with van der Waals surface area (Å²) >= 11 is 0. The summed E-state index contributed by atoms with van der Waals surface area (Å²) in [6, 6.07) is 5.27. The molecule has 1 aromatic rings. The lowest BCUT2D eigenvalue weighted by Crippen LogP contribution is -2.25. The van der Waals surface area contributed by atoms with Crippen molar-refractivity contribution in [2.75, 3.05) is 10.6 Å². The minimum absolute atomic E-state index is 0.0123. The van der Waals surface area contributed by atoms with Gasteiger partial charge in [-0.2, -0.15) is 0 Å². The largest absolute Gasteiger partial charge is 0.384 e. The number of fused-ring (bicyclic) bond motifs is 1. The molecule has 0 bridgehead atoms. The van der Waals surface area contributed by atoms with Crippen LogP contribution in [0.2, 0.25) is 0 Å². The molecule has 5 heteroatoms. The Labute approximate surface area is 98.8 Å². The second-order valence-corrected chi connectivity index (χ2v) is 4.09. The lowest BCUT2D eigenvalue weighted by atomic mass is 10.0. The van der Waals surface area contributed by atoms with Gasteiger partial charge in [-0.15, -0.1) is 0 Å². The predicted octanol–water partition coefficient (Wildman–Crippen LogP) is 0.891. The summed E-state index contributed by atoms with van der Waals surface area (Å²) in [6.07, 6.45) is 0.0890. The number of rotatable bonds is 2. The molecule has 2 amide bonds. The Balaban J connectivity index is 2.17. The zero-order valence-electron chi connectivity index (χ0n) is 9.49. The summed E-state index contributed by atoms with van der Waals surface area (Å²) in [4.78, 5) is 22.5. The van der Waals surface area contributed by atoms with Crippen LogP contribution in [0.1, 0.15) is 18.9 Å². The maximum absolute atomic E-state index is 11.3. The first-order chi connectivity index (χ1) is 8.06. The quantitative estimate of drug-likeness (QED) is 0.711. The molecule has 3 N–H and O–H groups in total. The molecule has 1 aliphatic rings. The number of hydrogen-bond acceptors (Lipinski definition) is 3. The summed E-state index contributed by atoms with van der Waals surface area (Å²) in [5, 5.41) is 14.4. The van der Waals surface area contributed by atoms with E-state index in [1.807, 2.05) is 6.07 Å². The molecule has 0 fully saturated rings. The molecule has 1 atom stereocenters. The molecule has 0 saturated carbocycles. The SMILES string of the molecule is CC(O)C(=O)Nc1ccc2c(c1)CCC(=O)N2. The lowest BCUT2D eigenvalue weighted by molar-refractivity contribution is -0.123. The van der Waals surface area contributed by atoms with Crippen molar-refractivity contribution in [3.63, 3.8) is 0 Å². The predicted molar refractivity (Wildman–Crippen MR) is 63.7 cm³/mol. The van der Waals surface area contributed by atoms with Crippen molar-refractivity contribution in [3.8, 4) is 0 Å². The third-order valence-electron chi connectivity index (χ3n) is 2.65. The number of benzene rings is 1. The van der Waals surface area contributed by atoms with E-state index in [4.69, 9.17) is 5.11 Å². The highest BCUT2D eigenvalue weighted by Crippen LogP contribution is 2.25. The molecule has 2 rings (SSSR count). The molecule has 0 radical (unpaired) electrons. The molecule has 5 nitrogen and oxygen atoms in total. The standard InChI is InChI=1S/C12H14N2O3/c1-7(15)12(17)13-9-3-4-10-8(6-9)2-5-11(16)14-10/h3-4,6-7,15H,2,5H2,1H3,(H,13,17)(H,14,16). The van der Waals surface area contributed by atoms with Gasteiger partial charge in [0.1, 0.15) is 6.10 Å². The van der Waals surface area contributed by atoms with Gasteiger partial charge in [0, 0.05) is 17.8 Å². The van der Waals surface area contributed by atoms with Gasteiger partial charge in [-0.25, -0.2) is 0 Å². The zero-order chi connectivity index (χ0) is 12.4. The molecule has 0 spiro atoms. The van der Waals surface area contributed by atoms with E-state index >= 15 is 0 Å². The van der Waals surface area contributed by atoms with Gasteiger partial charge in [0.05, 0.1) is 0 Å². The average molecular weight is 234 g/mol. The smallest absolute Gasteiger partial charge is 0.252 e. The van der Waals surface area contributed by atoms with Gasteiger partial charge in [0.25, 0.3) is 5.91 Å². The van der Waals surface area contributed by atoms with Crippen LogP contribution in [-0.2, 0) is 16.0 Å². The summed E-state index contributed by atoms with van der Waals surface area (Å²) in [6.45, 7) is 1.41. The minimum Gasteiger partial charge on any atom is -0.384 e. The third-order valence-corrected chi connectivity index (χ3v) is 2.65. The summed E-state index contributed by atoms with van der Waals surface area (Å²) in [7, 11) is 0. The number of hydrogen-bond donors (Lipinski definition) is 3. The van der Waals surface area contributed by atoms with E-state index in [1.54, 1.807) is 12.1 Å². The second-order valence-electron chi connectivity index (χ2n) is 4.09. The lowest BCUT2D eigenvalue weighted by Gasteiger charge is -2.18. The topological polar surface area (TPSA) is 78.4 Å². The maximum atomic E-state index is 11.3. The van der Waals surface area contributed by atoms with E-state index in [0.29, 0.717) is 18.5 Å². The van der Waals surface area contributed by atoms with E-state index in [-0.39, 0.29) is 5.91 Å². The number of nitrogens with one attached hydrogen (secondary N) is 2. The van der Waals surface area contributed by atoms with Crippen LogP contribution in [-0.4, -0.2) is 23.0 Å². The highest BCUT2D eigenvalue weighted by atomic mass is 16.3. The van der Waals surface area contributed by atoms with Crippen molar-refractivity contribution in [1.82, 2.24) is 0 Å². The molecule has 0 aliphatic carbocycles. The van der Waals surface area contributed by atoms with Gasteiger partial charge in [-0.1, -0.05) is 0 Å². The van der Waals surface area contributed by atoms with Crippen molar-refractivity contribution in [3.05, 3.63) is 23.8 Å². The fourth-order valence-electron chi connectivity index (χ4n) is 1.71. The van der Waals surface area contributed by atoms with Crippen LogP contribution in [0.3, 0.4) is 0 Å². The first kappa shape index (κ1) is 11.6. The number of carbonyl (C=O) groups excluding carboxylic acids is 2. The number of aliphatic hydroxyl groups is 1. The molecule has 0 aromatic heterocycles. The fraction of sp³-hybridized carbons (Fsp3) is 0.333. The summed E-state index contributed by atoms with van der Waals surface area (Å²) in [5.74, 6) is -0.428. The highest BCUT2D eigenvalue weighted by Gasteiger charge is 2.15. The first-order valence-corrected chi connectivity index (χ1v) is 5.48. The van der Waals surface area contributed by atoms with Crippen molar-refractivity contribution in [1.29, 1.82) is 0 Å². The Morgan fingerprint density at radius 2 is 2.24 bits per heavy atom. The van der Waals surface area contributed by atoms with Crippen molar-refractivity contribution in [2.24, 2.45) is 0 Å². The van der Waals surface area contributed by atoms with Gasteiger partial charge in [-0.05, 0) is 37.1 Å². The van der Waals surface area contributed by atoms with Gasteiger partial charge >= 0.3 is 0 Å². The van der Waals surface area contributed by atoms with Crippen LogP contribution in [0.15, 0.2) is 18.2 Å². The van der Waals surface area contributed by atoms with Crippen LogP contribution in [0.25, 0.3) is 0 Å². The van der Waals surface area contributed by atoms with Crippen LogP contribution in [0.5, 0.6) is 0 Å². The first-order valence-electron chi connectivity index (χ1n) is 5.48. The molecule has 1 unspecified atom stereocenters.